The molecule has 0 fully saturated rings. The minimum atomic E-state index is 0.513. The molecule has 0 saturated carbocycles. The molecule has 1 N–H and O–H groups in total. The molecule has 0 saturated heterocycles. The Labute approximate surface area is 129 Å². The van der Waals surface area contributed by atoms with Crippen molar-refractivity contribution < 1.29 is 0 Å². The minimum absolute atomic E-state index is 0.513. The van der Waals surface area contributed by atoms with Crippen molar-refractivity contribution in [3.05, 3.63) is 71.4 Å². The van der Waals surface area contributed by atoms with Gasteiger partial charge in [0.15, 0.2) is 0 Å². The average molecular weight is 297 g/mol. The zero-order valence-corrected chi connectivity index (χ0v) is 12.7. The van der Waals surface area contributed by atoms with E-state index in [-0.39, 0.29) is 0 Å². The summed E-state index contributed by atoms with van der Waals surface area (Å²) in [5, 5.41) is 4.68. The number of benzene rings is 2. The fourth-order valence-corrected chi connectivity index (χ4v) is 2.77. The summed E-state index contributed by atoms with van der Waals surface area (Å²) in [6.45, 7) is 2.79. The molecule has 2 aromatic carbocycles. The molecule has 0 bridgehead atoms. The second-order valence-electron chi connectivity index (χ2n) is 5.08. The van der Waals surface area contributed by atoms with Gasteiger partial charge in [0.25, 0.3) is 0 Å². The molecule has 0 aliphatic carbocycles. The maximum atomic E-state index is 5.98. The maximum Gasteiger partial charge on any atom is 0.0708 e. The third kappa shape index (κ3) is 3.01. The van der Waals surface area contributed by atoms with E-state index in [0.717, 1.165) is 29.0 Å². The van der Waals surface area contributed by atoms with E-state index in [0.29, 0.717) is 5.88 Å². The first-order chi connectivity index (χ1) is 10.3. The van der Waals surface area contributed by atoms with Crippen LogP contribution in [0.5, 0.6) is 0 Å². The van der Waals surface area contributed by atoms with Crippen molar-refractivity contribution in [2.75, 3.05) is 5.32 Å². The van der Waals surface area contributed by atoms with Crippen LogP contribution in [0.3, 0.4) is 0 Å². The average Bonchev–Trinajstić information content (AvgIpc) is 2.52. The van der Waals surface area contributed by atoms with Crippen LogP contribution >= 0.6 is 11.6 Å². The van der Waals surface area contributed by atoms with E-state index >= 15 is 0 Å². The Kier molecular flexibility index (Phi) is 4.07. The fraction of sp³-hybridized carbons (Fsp3) is 0.167. The summed E-state index contributed by atoms with van der Waals surface area (Å²) in [4.78, 5) is 4.58. The molecule has 0 atom stereocenters. The van der Waals surface area contributed by atoms with Crippen molar-refractivity contribution in [1.29, 1.82) is 0 Å². The molecule has 106 valence electrons. The van der Waals surface area contributed by atoms with Crippen molar-refractivity contribution in [2.24, 2.45) is 0 Å². The van der Waals surface area contributed by atoms with Gasteiger partial charge in [0.2, 0.25) is 0 Å². The Hall–Kier alpha value is -2.06. The molecule has 0 radical (unpaired) electrons. The number of aromatic nitrogens is 1. The minimum Gasteiger partial charge on any atom is -0.381 e. The van der Waals surface area contributed by atoms with E-state index in [4.69, 9.17) is 11.6 Å². The predicted molar refractivity (Wildman–Crippen MR) is 89.8 cm³/mol. The van der Waals surface area contributed by atoms with Gasteiger partial charge < -0.3 is 5.32 Å². The fourth-order valence-electron chi connectivity index (χ4n) is 2.54. The van der Waals surface area contributed by atoms with Crippen LogP contribution in [0.2, 0.25) is 0 Å². The van der Waals surface area contributed by atoms with Gasteiger partial charge in [0.1, 0.15) is 0 Å². The van der Waals surface area contributed by atoms with Crippen molar-refractivity contribution in [1.82, 2.24) is 4.98 Å². The lowest BCUT2D eigenvalue weighted by Gasteiger charge is -2.12. The van der Waals surface area contributed by atoms with Gasteiger partial charge in [-0.25, -0.2) is 0 Å². The molecule has 3 aromatic rings. The Balaban J connectivity index is 1.92. The highest BCUT2D eigenvalue weighted by molar-refractivity contribution is 6.17. The van der Waals surface area contributed by atoms with Crippen LogP contribution in [0.15, 0.2) is 54.6 Å². The Morgan fingerprint density at radius 2 is 1.76 bits per heavy atom. The van der Waals surface area contributed by atoms with E-state index < -0.39 is 0 Å². The lowest BCUT2D eigenvalue weighted by molar-refractivity contribution is 1.12. The lowest BCUT2D eigenvalue weighted by Crippen LogP contribution is -2.03. The number of anilines is 1. The summed E-state index contributed by atoms with van der Waals surface area (Å²) in [5.41, 5.74) is 5.54. The van der Waals surface area contributed by atoms with Gasteiger partial charge in [-0.05, 0) is 36.2 Å². The van der Waals surface area contributed by atoms with E-state index in [1.165, 1.54) is 10.9 Å². The van der Waals surface area contributed by atoms with Gasteiger partial charge >= 0.3 is 0 Å². The second kappa shape index (κ2) is 6.15. The highest BCUT2D eigenvalue weighted by atomic mass is 35.5. The molecule has 3 heteroatoms. The van der Waals surface area contributed by atoms with Gasteiger partial charge in [0, 0.05) is 29.2 Å². The first-order valence-corrected chi connectivity index (χ1v) is 7.54. The monoisotopic (exact) mass is 296 g/mol. The van der Waals surface area contributed by atoms with Crippen LogP contribution in [0.4, 0.5) is 5.69 Å². The van der Waals surface area contributed by atoms with Gasteiger partial charge in [-0.15, -0.1) is 11.6 Å². The quantitative estimate of drug-likeness (QED) is 0.693. The van der Waals surface area contributed by atoms with Crippen molar-refractivity contribution in [3.8, 4) is 0 Å². The number of pyridine rings is 1. The third-order valence-corrected chi connectivity index (χ3v) is 3.85. The van der Waals surface area contributed by atoms with Crippen LogP contribution in [0, 0.1) is 6.92 Å². The van der Waals surface area contributed by atoms with Crippen LogP contribution in [0.1, 0.15) is 16.8 Å². The van der Waals surface area contributed by atoms with Gasteiger partial charge in [-0.1, -0.05) is 36.4 Å². The highest BCUT2D eigenvalue weighted by Gasteiger charge is 2.05. The van der Waals surface area contributed by atoms with Crippen LogP contribution in [-0.2, 0) is 12.4 Å². The van der Waals surface area contributed by atoms with Gasteiger partial charge in [0.05, 0.1) is 5.52 Å². The molecule has 0 aliphatic heterocycles. The molecule has 1 heterocycles. The third-order valence-electron chi connectivity index (χ3n) is 3.56. The number of halogens is 1. The summed E-state index contributed by atoms with van der Waals surface area (Å²) in [5.74, 6) is 0.513. The van der Waals surface area contributed by atoms with Crippen molar-refractivity contribution in [3.63, 3.8) is 0 Å². The number of nitrogens with zero attached hydrogens (tertiary/aromatic N) is 1. The molecular formula is C18H17ClN2. The number of hydrogen-bond donors (Lipinski definition) is 1. The number of alkyl halides is 1. The summed E-state index contributed by atoms with van der Waals surface area (Å²) in [6, 6.07) is 18.5. The largest absolute Gasteiger partial charge is 0.381 e. The molecular weight excluding hydrogens is 280 g/mol. The summed E-state index contributed by atoms with van der Waals surface area (Å²) < 4.78 is 0. The summed E-state index contributed by atoms with van der Waals surface area (Å²) in [6.07, 6.45) is 0. The summed E-state index contributed by atoms with van der Waals surface area (Å²) in [7, 11) is 0. The molecule has 1 aromatic heterocycles. The van der Waals surface area contributed by atoms with Crippen LogP contribution < -0.4 is 5.32 Å². The number of aryl methyl sites for hydroxylation is 1. The SMILES string of the molecule is Cc1cc(CNc2ccccc2CCl)c2ccccc2n1. The lowest BCUT2D eigenvalue weighted by atomic mass is 10.1. The zero-order valence-electron chi connectivity index (χ0n) is 11.9. The first kappa shape index (κ1) is 13.9. The zero-order chi connectivity index (χ0) is 14.7. The number of fused-ring (bicyclic) bond motifs is 1. The molecule has 2 nitrogen and oxygen atoms in total. The first-order valence-electron chi connectivity index (χ1n) is 7.01. The second-order valence-corrected chi connectivity index (χ2v) is 5.35. The van der Waals surface area contributed by atoms with E-state index in [1.54, 1.807) is 0 Å². The molecule has 0 unspecified atom stereocenters. The van der Waals surface area contributed by atoms with Crippen molar-refractivity contribution in [2.45, 2.75) is 19.3 Å². The van der Waals surface area contributed by atoms with Gasteiger partial charge in [-0.3, -0.25) is 4.98 Å². The molecule has 0 aliphatic rings. The maximum absolute atomic E-state index is 5.98. The molecule has 21 heavy (non-hydrogen) atoms. The summed E-state index contributed by atoms with van der Waals surface area (Å²) >= 11 is 5.98. The highest BCUT2D eigenvalue weighted by Crippen LogP contribution is 2.22. The van der Waals surface area contributed by atoms with Crippen LogP contribution in [-0.4, -0.2) is 4.98 Å². The molecule has 0 amide bonds. The Morgan fingerprint density at radius 3 is 2.62 bits per heavy atom. The predicted octanol–water partition coefficient (Wildman–Crippen LogP) is 4.89. The van der Waals surface area contributed by atoms with E-state index in [1.807, 2.05) is 31.2 Å². The van der Waals surface area contributed by atoms with Gasteiger partial charge in [-0.2, -0.15) is 0 Å². The van der Waals surface area contributed by atoms with E-state index in [9.17, 15) is 0 Å². The standard InChI is InChI=1S/C18H17ClN2/c1-13-10-15(16-7-3-5-9-18(16)21-13)12-20-17-8-4-2-6-14(17)11-19/h2-10,20H,11-12H2,1H3. The topological polar surface area (TPSA) is 24.9 Å². The van der Waals surface area contributed by atoms with Crippen molar-refractivity contribution >= 4 is 28.2 Å². The number of nitrogens with one attached hydrogen (secondary N) is 1. The molecule has 3 rings (SSSR count). The number of rotatable bonds is 4. The normalized spacial score (nSPS) is 10.8. The smallest absolute Gasteiger partial charge is 0.0708 e. The number of hydrogen-bond acceptors (Lipinski definition) is 2. The van der Waals surface area contributed by atoms with E-state index in [2.05, 4.69) is 40.6 Å². The Bertz CT molecular complexity index is 768. The Morgan fingerprint density at radius 1 is 1.00 bits per heavy atom. The molecule has 0 spiro atoms. The number of para-hydroxylation sites is 2. The van der Waals surface area contributed by atoms with Crippen LogP contribution in [0.25, 0.3) is 10.9 Å².